The van der Waals surface area contributed by atoms with Gasteiger partial charge in [0.25, 0.3) is 0 Å². The Bertz CT molecular complexity index is 628. The minimum absolute atomic E-state index is 0.218. The smallest absolute Gasteiger partial charge is 0.288 e. The second-order valence-corrected chi connectivity index (χ2v) is 5.19. The van der Waals surface area contributed by atoms with Crippen LogP contribution in [0.15, 0.2) is 30.3 Å². The van der Waals surface area contributed by atoms with Gasteiger partial charge in [0.2, 0.25) is 5.78 Å². The van der Waals surface area contributed by atoms with Gasteiger partial charge in [-0.05, 0) is 31.2 Å². The highest BCUT2D eigenvalue weighted by Gasteiger charge is 2.35. The van der Waals surface area contributed by atoms with E-state index < -0.39 is 28.9 Å². The molecule has 0 bridgehead atoms. The summed E-state index contributed by atoms with van der Waals surface area (Å²) in [5.74, 6) is -2.26. The molecule has 0 radical (unpaired) electrons. The molecule has 6 heteroatoms. The maximum absolute atomic E-state index is 13.8. The zero-order chi connectivity index (χ0) is 14.2. The van der Waals surface area contributed by atoms with Gasteiger partial charge in [-0.25, -0.2) is 4.39 Å². The van der Waals surface area contributed by atoms with Crippen LogP contribution in [0.2, 0.25) is 0 Å². The standard InChI is InChI=1S/C13H8F4OS/c1-7-5-6-10(19-7)12(18)8-3-2-4-9(11(8)14)13(15,16)17/h2-6H,1H3. The molecule has 1 aromatic carbocycles. The van der Waals surface area contributed by atoms with Gasteiger partial charge in [0.05, 0.1) is 16.0 Å². The maximum Gasteiger partial charge on any atom is 0.419 e. The molecule has 2 aromatic rings. The van der Waals surface area contributed by atoms with Gasteiger partial charge in [-0.2, -0.15) is 13.2 Å². The summed E-state index contributed by atoms with van der Waals surface area (Å²) in [6.07, 6.45) is -4.81. The van der Waals surface area contributed by atoms with Gasteiger partial charge < -0.3 is 0 Å². The van der Waals surface area contributed by atoms with E-state index in [9.17, 15) is 22.4 Å². The molecule has 1 heterocycles. The van der Waals surface area contributed by atoms with E-state index in [0.717, 1.165) is 28.3 Å². The third-order valence-corrected chi connectivity index (χ3v) is 3.51. The third kappa shape index (κ3) is 2.68. The van der Waals surface area contributed by atoms with Crippen LogP contribution in [-0.2, 0) is 6.18 Å². The minimum atomic E-state index is -4.81. The van der Waals surface area contributed by atoms with Crippen LogP contribution in [0.25, 0.3) is 0 Å². The lowest BCUT2D eigenvalue weighted by Gasteiger charge is -2.10. The summed E-state index contributed by atoms with van der Waals surface area (Å²) in [7, 11) is 0. The third-order valence-electron chi connectivity index (χ3n) is 2.51. The summed E-state index contributed by atoms with van der Waals surface area (Å²) in [5.41, 5.74) is -1.98. The molecule has 100 valence electrons. The second-order valence-electron chi connectivity index (χ2n) is 3.90. The Hall–Kier alpha value is -1.69. The van der Waals surface area contributed by atoms with Gasteiger partial charge in [-0.15, -0.1) is 11.3 Å². The van der Waals surface area contributed by atoms with E-state index in [0.29, 0.717) is 6.07 Å². The molecule has 0 aliphatic heterocycles. The summed E-state index contributed by atoms with van der Waals surface area (Å²) < 4.78 is 51.4. The van der Waals surface area contributed by atoms with Crippen molar-refractivity contribution in [3.63, 3.8) is 0 Å². The quantitative estimate of drug-likeness (QED) is 0.589. The molecule has 1 nitrogen and oxygen atoms in total. The van der Waals surface area contributed by atoms with Crippen molar-refractivity contribution < 1.29 is 22.4 Å². The molecular formula is C13H8F4OS. The zero-order valence-corrected chi connectivity index (χ0v) is 10.5. The predicted octanol–water partition coefficient (Wildman–Crippen LogP) is 4.45. The van der Waals surface area contributed by atoms with E-state index in [1.807, 2.05) is 0 Å². The lowest BCUT2D eigenvalue weighted by Crippen LogP contribution is -2.12. The van der Waals surface area contributed by atoms with Crippen LogP contribution in [0.1, 0.15) is 25.7 Å². The molecule has 2 rings (SSSR count). The number of benzene rings is 1. The van der Waals surface area contributed by atoms with Crippen molar-refractivity contribution in [3.8, 4) is 0 Å². The molecule has 1 aromatic heterocycles. The van der Waals surface area contributed by atoms with Crippen LogP contribution in [0.5, 0.6) is 0 Å². The number of hydrogen-bond donors (Lipinski definition) is 0. The number of hydrogen-bond acceptors (Lipinski definition) is 2. The van der Waals surface area contributed by atoms with E-state index in [2.05, 4.69) is 0 Å². The average molecular weight is 288 g/mol. The van der Waals surface area contributed by atoms with E-state index in [1.165, 1.54) is 6.07 Å². The van der Waals surface area contributed by atoms with Crippen LogP contribution in [-0.4, -0.2) is 5.78 Å². The first kappa shape index (κ1) is 13.7. The van der Waals surface area contributed by atoms with Crippen LogP contribution < -0.4 is 0 Å². The molecule has 19 heavy (non-hydrogen) atoms. The van der Waals surface area contributed by atoms with Gasteiger partial charge in [0, 0.05) is 4.88 Å². The average Bonchev–Trinajstić information content (AvgIpc) is 2.74. The molecule has 0 amide bonds. The summed E-state index contributed by atoms with van der Waals surface area (Å²) in [6, 6.07) is 5.83. The van der Waals surface area contributed by atoms with Gasteiger partial charge in [-0.1, -0.05) is 6.07 Å². The van der Waals surface area contributed by atoms with Crippen molar-refractivity contribution in [2.75, 3.05) is 0 Å². The predicted molar refractivity (Wildman–Crippen MR) is 63.9 cm³/mol. The fourth-order valence-electron chi connectivity index (χ4n) is 1.62. The Labute approximate surface area is 110 Å². The first-order chi connectivity index (χ1) is 8.80. The molecule has 0 unspecified atom stereocenters. The molecule has 0 saturated heterocycles. The Morgan fingerprint density at radius 1 is 1.16 bits per heavy atom. The highest BCUT2D eigenvalue weighted by atomic mass is 32.1. The monoisotopic (exact) mass is 288 g/mol. The van der Waals surface area contributed by atoms with E-state index in [-0.39, 0.29) is 4.88 Å². The number of ketones is 1. The number of halogens is 4. The molecule has 0 fully saturated rings. The van der Waals surface area contributed by atoms with Crippen LogP contribution in [0, 0.1) is 12.7 Å². The van der Waals surface area contributed by atoms with E-state index >= 15 is 0 Å². The molecule has 0 N–H and O–H groups in total. The summed E-state index contributed by atoms with van der Waals surface area (Å²) in [4.78, 5) is 13.0. The Balaban J connectivity index is 2.49. The van der Waals surface area contributed by atoms with Crippen molar-refractivity contribution in [2.24, 2.45) is 0 Å². The number of rotatable bonds is 2. The van der Waals surface area contributed by atoms with Gasteiger partial charge in [-0.3, -0.25) is 4.79 Å². The van der Waals surface area contributed by atoms with E-state index in [4.69, 9.17) is 0 Å². The second kappa shape index (κ2) is 4.77. The van der Waals surface area contributed by atoms with Gasteiger partial charge >= 0.3 is 6.18 Å². The van der Waals surface area contributed by atoms with Crippen LogP contribution in [0.3, 0.4) is 0 Å². The van der Waals surface area contributed by atoms with Crippen molar-refractivity contribution in [1.82, 2.24) is 0 Å². The Kier molecular flexibility index (Phi) is 3.45. The normalized spacial score (nSPS) is 11.6. The highest BCUT2D eigenvalue weighted by molar-refractivity contribution is 7.14. The molecule has 0 spiro atoms. The number of alkyl halides is 3. The lowest BCUT2D eigenvalue weighted by molar-refractivity contribution is -0.140. The SMILES string of the molecule is Cc1ccc(C(=O)c2cccc(C(F)(F)F)c2F)s1. The van der Waals surface area contributed by atoms with Gasteiger partial charge in [0.1, 0.15) is 5.82 Å². The highest BCUT2D eigenvalue weighted by Crippen LogP contribution is 2.33. The van der Waals surface area contributed by atoms with Crippen molar-refractivity contribution in [3.05, 3.63) is 57.0 Å². The summed E-state index contributed by atoms with van der Waals surface area (Å²) >= 11 is 1.12. The number of aryl methyl sites for hydroxylation is 1. The van der Waals surface area contributed by atoms with Crippen molar-refractivity contribution in [2.45, 2.75) is 13.1 Å². The summed E-state index contributed by atoms with van der Waals surface area (Å²) in [5, 5.41) is 0. The molecule has 0 atom stereocenters. The topological polar surface area (TPSA) is 17.1 Å². The maximum atomic E-state index is 13.8. The fraction of sp³-hybridized carbons (Fsp3) is 0.154. The molecule has 0 aliphatic carbocycles. The van der Waals surface area contributed by atoms with Crippen LogP contribution >= 0.6 is 11.3 Å². The molecule has 0 saturated carbocycles. The largest absolute Gasteiger partial charge is 0.419 e. The first-order valence-electron chi connectivity index (χ1n) is 5.27. The van der Waals surface area contributed by atoms with Gasteiger partial charge in [0.15, 0.2) is 0 Å². The molecule has 0 aliphatic rings. The van der Waals surface area contributed by atoms with Crippen molar-refractivity contribution in [1.29, 1.82) is 0 Å². The van der Waals surface area contributed by atoms with Crippen molar-refractivity contribution >= 4 is 17.1 Å². The number of thiophene rings is 1. The summed E-state index contributed by atoms with van der Waals surface area (Å²) in [6.45, 7) is 1.75. The lowest BCUT2D eigenvalue weighted by atomic mass is 10.0. The Morgan fingerprint density at radius 2 is 1.84 bits per heavy atom. The number of carbonyl (C=O) groups excluding carboxylic acids is 1. The zero-order valence-electron chi connectivity index (χ0n) is 9.72. The minimum Gasteiger partial charge on any atom is -0.288 e. The van der Waals surface area contributed by atoms with E-state index in [1.54, 1.807) is 13.0 Å². The van der Waals surface area contributed by atoms with Crippen LogP contribution in [0.4, 0.5) is 17.6 Å². The molecular weight excluding hydrogens is 280 g/mol. The number of carbonyl (C=O) groups is 1. The Morgan fingerprint density at radius 3 is 2.37 bits per heavy atom. The first-order valence-corrected chi connectivity index (χ1v) is 6.09. The fourth-order valence-corrected chi connectivity index (χ4v) is 2.44.